The second-order valence-electron chi connectivity index (χ2n) is 4.79. The Morgan fingerprint density at radius 1 is 1.04 bits per heavy atom. The number of hydrogen-bond acceptors (Lipinski definition) is 3. The molecule has 2 aromatic carbocycles. The van der Waals surface area contributed by atoms with Crippen molar-refractivity contribution in [3.8, 4) is 0 Å². The van der Waals surface area contributed by atoms with Crippen molar-refractivity contribution in [2.45, 2.75) is 16.8 Å². The van der Waals surface area contributed by atoms with E-state index in [0.29, 0.717) is 17.7 Å². The van der Waals surface area contributed by atoms with Gasteiger partial charge in [0.1, 0.15) is 0 Å². The molecule has 0 aliphatic rings. The van der Waals surface area contributed by atoms with Gasteiger partial charge >= 0.3 is 12.1 Å². The fourth-order valence-electron chi connectivity index (χ4n) is 1.94. The predicted octanol–water partition coefficient (Wildman–Crippen LogP) is 3.38. The van der Waals surface area contributed by atoms with Crippen molar-refractivity contribution >= 4 is 15.8 Å². The Bertz CT molecular complexity index is 828. The van der Waals surface area contributed by atoms with Crippen LogP contribution < -0.4 is 0 Å². The number of carboxylic acid groups (broad SMARTS) is 1. The van der Waals surface area contributed by atoms with E-state index in [2.05, 4.69) is 0 Å². The summed E-state index contributed by atoms with van der Waals surface area (Å²) >= 11 is 0. The third-order valence-corrected chi connectivity index (χ3v) is 4.71. The summed E-state index contributed by atoms with van der Waals surface area (Å²) in [6, 6.07) is 9.49. The van der Waals surface area contributed by atoms with Gasteiger partial charge in [-0.2, -0.15) is 13.2 Å². The van der Waals surface area contributed by atoms with Gasteiger partial charge in [-0.1, -0.05) is 30.3 Å². The normalized spacial score (nSPS) is 12.1. The molecule has 4 nitrogen and oxygen atoms in total. The van der Waals surface area contributed by atoms with Crippen molar-refractivity contribution in [2.24, 2.45) is 0 Å². The molecule has 0 amide bonds. The summed E-state index contributed by atoms with van der Waals surface area (Å²) in [4.78, 5) is 10.3. The molecule has 0 radical (unpaired) electrons. The number of carbonyl (C=O) groups is 1. The van der Waals surface area contributed by atoms with Gasteiger partial charge in [-0.25, -0.2) is 13.2 Å². The number of sulfone groups is 1. The zero-order valence-corrected chi connectivity index (χ0v) is 12.4. The number of halogens is 3. The van der Waals surface area contributed by atoms with Crippen LogP contribution in [0.15, 0.2) is 53.4 Å². The molecule has 2 rings (SSSR count). The van der Waals surface area contributed by atoms with Gasteiger partial charge in [0.2, 0.25) is 0 Å². The lowest BCUT2D eigenvalue weighted by molar-refractivity contribution is -0.137. The van der Waals surface area contributed by atoms with Gasteiger partial charge in [-0.3, -0.25) is 0 Å². The Balaban J connectivity index is 2.53. The fraction of sp³-hybridized carbons (Fsp3) is 0.133. The van der Waals surface area contributed by atoms with Crippen LogP contribution in [0.25, 0.3) is 0 Å². The minimum absolute atomic E-state index is 0.391. The lowest BCUT2D eigenvalue weighted by Gasteiger charge is -2.11. The Morgan fingerprint density at radius 3 is 2.17 bits per heavy atom. The van der Waals surface area contributed by atoms with Crippen LogP contribution in [0.4, 0.5) is 13.2 Å². The van der Waals surface area contributed by atoms with Gasteiger partial charge in [0, 0.05) is 0 Å². The number of rotatable bonds is 4. The highest BCUT2D eigenvalue weighted by atomic mass is 32.2. The second kappa shape index (κ2) is 6.04. The Kier molecular flexibility index (Phi) is 4.46. The van der Waals surface area contributed by atoms with Gasteiger partial charge < -0.3 is 5.11 Å². The molecule has 122 valence electrons. The lowest BCUT2D eigenvalue weighted by atomic mass is 10.1. The third kappa shape index (κ3) is 4.10. The van der Waals surface area contributed by atoms with Crippen molar-refractivity contribution in [3.05, 3.63) is 65.2 Å². The first-order valence-electron chi connectivity index (χ1n) is 6.32. The van der Waals surface area contributed by atoms with E-state index in [-0.39, 0.29) is 0 Å². The van der Waals surface area contributed by atoms with Crippen LogP contribution in [0.5, 0.6) is 0 Å². The maximum Gasteiger partial charge on any atom is 0.416 e. The molecule has 1 N–H and O–H groups in total. The largest absolute Gasteiger partial charge is 0.478 e. The van der Waals surface area contributed by atoms with E-state index in [1.807, 2.05) is 0 Å². The molecular formula is C15H11F3O4S. The SMILES string of the molecule is O=C(O)c1cc(C(F)(F)F)cc(S(=O)(=O)Cc2ccccc2)c1. The molecule has 0 atom stereocenters. The minimum atomic E-state index is -4.84. The maximum absolute atomic E-state index is 12.8. The van der Waals surface area contributed by atoms with E-state index >= 15 is 0 Å². The van der Waals surface area contributed by atoms with Gasteiger partial charge in [0.15, 0.2) is 9.84 Å². The lowest BCUT2D eigenvalue weighted by Crippen LogP contribution is -2.12. The first-order valence-corrected chi connectivity index (χ1v) is 7.97. The summed E-state index contributed by atoms with van der Waals surface area (Å²) in [5.74, 6) is -2.15. The van der Waals surface area contributed by atoms with Crippen LogP contribution >= 0.6 is 0 Å². The molecule has 0 unspecified atom stereocenters. The van der Waals surface area contributed by atoms with E-state index < -0.39 is 43.8 Å². The van der Waals surface area contributed by atoms with E-state index in [0.717, 1.165) is 6.07 Å². The highest BCUT2D eigenvalue weighted by molar-refractivity contribution is 7.90. The molecular weight excluding hydrogens is 333 g/mol. The van der Waals surface area contributed by atoms with Gasteiger partial charge in [0.05, 0.1) is 21.8 Å². The fourth-order valence-corrected chi connectivity index (χ4v) is 3.35. The first-order chi connectivity index (χ1) is 10.6. The van der Waals surface area contributed by atoms with Crippen LogP contribution in [-0.2, 0) is 21.8 Å². The number of benzene rings is 2. The van der Waals surface area contributed by atoms with Gasteiger partial charge in [-0.15, -0.1) is 0 Å². The minimum Gasteiger partial charge on any atom is -0.478 e. The molecule has 0 bridgehead atoms. The zero-order valence-electron chi connectivity index (χ0n) is 11.5. The molecule has 0 saturated heterocycles. The Morgan fingerprint density at radius 2 is 1.65 bits per heavy atom. The third-order valence-electron chi connectivity index (χ3n) is 3.04. The maximum atomic E-state index is 12.8. The Labute approximate surface area is 130 Å². The monoisotopic (exact) mass is 344 g/mol. The van der Waals surface area contributed by atoms with Crippen molar-refractivity contribution in [1.82, 2.24) is 0 Å². The van der Waals surface area contributed by atoms with Crippen molar-refractivity contribution in [3.63, 3.8) is 0 Å². The summed E-state index contributed by atoms with van der Waals surface area (Å²) in [7, 11) is -4.12. The second-order valence-corrected chi connectivity index (χ2v) is 6.78. The van der Waals surface area contributed by atoms with Crippen molar-refractivity contribution in [1.29, 1.82) is 0 Å². The molecule has 23 heavy (non-hydrogen) atoms. The average Bonchev–Trinajstić information content (AvgIpc) is 2.46. The van der Waals surface area contributed by atoms with E-state index in [1.54, 1.807) is 18.2 Å². The molecule has 0 fully saturated rings. The smallest absolute Gasteiger partial charge is 0.416 e. The molecule has 0 aliphatic carbocycles. The molecule has 0 aliphatic heterocycles. The summed E-state index contributed by atoms with van der Waals surface area (Å²) in [5, 5.41) is 8.89. The number of aromatic carboxylic acids is 1. The topological polar surface area (TPSA) is 71.4 Å². The molecule has 0 aromatic heterocycles. The molecule has 8 heteroatoms. The number of hydrogen-bond donors (Lipinski definition) is 1. The molecule has 2 aromatic rings. The quantitative estimate of drug-likeness (QED) is 0.923. The molecule has 0 heterocycles. The predicted molar refractivity (Wildman–Crippen MR) is 75.7 cm³/mol. The van der Waals surface area contributed by atoms with Crippen LogP contribution in [0.1, 0.15) is 21.5 Å². The highest BCUT2D eigenvalue weighted by Crippen LogP contribution is 2.32. The van der Waals surface area contributed by atoms with Crippen LogP contribution in [0, 0.1) is 0 Å². The summed E-state index contributed by atoms with van der Waals surface area (Å²) in [6.45, 7) is 0. The average molecular weight is 344 g/mol. The molecule has 0 spiro atoms. The summed E-state index contributed by atoms with van der Waals surface area (Å²) in [6.07, 6.45) is -4.84. The van der Waals surface area contributed by atoms with Crippen molar-refractivity contribution in [2.75, 3.05) is 0 Å². The van der Waals surface area contributed by atoms with Crippen molar-refractivity contribution < 1.29 is 31.5 Å². The standard InChI is InChI=1S/C15H11F3O4S/c16-15(17,18)12-6-11(14(19)20)7-13(8-12)23(21,22)9-10-4-2-1-3-5-10/h1-8H,9H2,(H,19,20). The zero-order chi connectivity index (χ0) is 17.3. The van der Waals surface area contributed by atoms with Crippen LogP contribution in [-0.4, -0.2) is 19.5 Å². The number of alkyl halides is 3. The Hall–Kier alpha value is -2.35. The van der Waals surface area contributed by atoms with E-state index in [4.69, 9.17) is 5.11 Å². The van der Waals surface area contributed by atoms with Crippen LogP contribution in [0.2, 0.25) is 0 Å². The van der Waals surface area contributed by atoms with Gasteiger partial charge in [-0.05, 0) is 23.8 Å². The highest BCUT2D eigenvalue weighted by Gasteiger charge is 2.33. The summed E-state index contributed by atoms with van der Waals surface area (Å²) < 4.78 is 63.1. The van der Waals surface area contributed by atoms with E-state index in [9.17, 15) is 26.4 Å². The first kappa shape index (κ1) is 17.0. The van der Waals surface area contributed by atoms with Crippen LogP contribution in [0.3, 0.4) is 0 Å². The van der Waals surface area contributed by atoms with Gasteiger partial charge in [0.25, 0.3) is 0 Å². The number of carboxylic acids is 1. The molecule has 0 saturated carbocycles. The summed E-state index contributed by atoms with van der Waals surface area (Å²) in [5.41, 5.74) is -1.66. The van der Waals surface area contributed by atoms with E-state index in [1.165, 1.54) is 12.1 Å².